The molecule has 8 heteroatoms. The molecule has 1 unspecified atom stereocenters. The van der Waals surface area contributed by atoms with Gasteiger partial charge in [-0.2, -0.15) is 0 Å². The van der Waals surface area contributed by atoms with Gasteiger partial charge in [0.25, 0.3) is 0 Å². The minimum Gasteiger partial charge on any atom is -0.464 e. The van der Waals surface area contributed by atoms with Crippen LogP contribution in [-0.2, 0) is 30.6 Å². The molecule has 1 amide bonds. The quantitative estimate of drug-likeness (QED) is 0.774. The third-order valence-corrected chi connectivity index (χ3v) is 7.13. The van der Waals surface area contributed by atoms with Crippen molar-refractivity contribution in [3.63, 3.8) is 0 Å². The Balaban J connectivity index is 2.50. The van der Waals surface area contributed by atoms with E-state index in [9.17, 15) is 18.0 Å². The van der Waals surface area contributed by atoms with Gasteiger partial charge in [-0.25, -0.2) is 13.2 Å². The van der Waals surface area contributed by atoms with Crippen molar-refractivity contribution in [2.75, 3.05) is 18.9 Å². The summed E-state index contributed by atoms with van der Waals surface area (Å²) in [4.78, 5) is 26.1. The van der Waals surface area contributed by atoms with E-state index in [1.807, 2.05) is 0 Å². The average molecular weight is 345 g/mol. The Morgan fingerprint density at radius 1 is 1.41 bits per heavy atom. The summed E-state index contributed by atoms with van der Waals surface area (Å²) in [6.45, 7) is 5.27. The van der Waals surface area contributed by atoms with E-state index in [4.69, 9.17) is 4.74 Å². The highest BCUT2D eigenvalue weighted by Gasteiger charge is 2.38. The van der Waals surface area contributed by atoms with Crippen LogP contribution in [0.1, 0.15) is 37.3 Å². The Bertz CT molecular complexity index is 692. The maximum atomic E-state index is 12.2. The van der Waals surface area contributed by atoms with E-state index in [0.29, 0.717) is 17.8 Å². The van der Waals surface area contributed by atoms with Crippen molar-refractivity contribution >= 4 is 33.1 Å². The first-order valence-corrected chi connectivity index (χ1v) is 9.57. The van der Waals surface area contributed by atoms with E-state index < -0.39 is 21.8 Å². The molecule has 6 nitrogen and oxygen atoms in total. The molecule has 1 aliphatic heterocycles. The smallest absolute Gasteiger partial charge is 0.334 e. The second-order valence-electron chi connectivity index (χ2n) is 4.98. The topological polar surface area (TPSA) is 80.8 Å². The summed E-state index contributed by atoms with van der Waals surface area (Å²) >= 11 is 1.07. The minimum atomic E-state index is -3.33. The Hall–Kier alpha value is -1.41. The van der Waals surface area contributed by atoms with Gasteiger partial charge in [-0.15, -0.1) is 11.3 Å². The maximum Gasteiger partial charge on any atom is 0.334 e. The van der Waals surface area contributed by atoms with Crippen molar-refractivity contribution in [2.45, 2.75) is 37.4 Å². The molecular formula is C14H19NO5S2. The second kappa shape index (κ2) is 6.37. The molecule has 1 atom stereocenters. The Labute approximate surface area is 134 Å². The number of esters is 1. The van der Waals surface area contributed by atoms with Gasteiger partial charge < -0.3 is 9.64 Å². The lowest BCUT2D eigenvalue weighted by molar-refractivity contribution is -0.155. The van der Waals surface area contributed by atoms with Crippen molar-refractivity contribution in [2.24, 2.45) is 0 Å². The zero-order valence-electron chi connectivity index (χ0n) is 12.8. The lowest BCUT2D eigenvalue weighted by Crippen LogP contribution is -2.42. The lowest BCUT2D eigenvalue weighted by Gasteiger charge is -2.33. The zero-order chi connectivity index (χ0) is 16.5. The fraction of sp³-hybridized carbons (Fsp3) is 0.571. The van der Waals surface area contributed by atoms with Crippen molar-refractivity contribution < 1.29 is 22.7 Å². The highest BCUT2D eigenvalue weighted by atomic mass is 32.2. The van der Waals surface area contributed by atoms with Crippen LogP contribution in [0.3, 0.4) is 0 Å². The molecule has 0 saturated heterocycles. The van der Waals surface area contributed by atoms with E-state index in [0.717, 1.165) is 16.9 Å². The van der Waals surface area contributed by atoms with Gasteiger partial charge in [-0.05, 0) is 25.0 Å². The van der Waals surface area contributed by atoms with Gasteiger partial charge in [0, 0.05) is 18.3 Å². The van der Waals surface area contributed by atoms with Crippen LogP contribution in [0.15, 0.2) is 10.3 Å². The van der Waals surface area contributed by atoms with Crippen molar-refractivity contribution in [3.05, 3.63) is 16.5 Å². The van der Waals surface area contributed by atoms with Crippen LogP contribution in [0, 0.1) is 0 Å². The first-order chi connectivity index (χ1) is 10.3. The Kier molecular flexibility index (Phi) is 4.91. The number of hydrogen-bond donors (Lipinski definition) is 0. The van der Waals surface area contributed by atoms with Crippen LogP contribution in [-0.4, -0.2) is 44.1 Å². The van der Waals surface area contributed by atoms with Crippen LogP contribution in [0.2, 0.25) is 0 Å². The second-order valence-corrected chi connectivity index (χ2v) is 8.56. The summed E-state index contributed by atoms with van der Waals surface area (Å²) in [6, 6.07) is 0.787. The van der Waals surface area contributed by atoms with Gasteiger partial charge >= 0.3 is 5.97 Å². The maximum absolute atomic E-state index is 12.2. The van der Waals surface area contributed by atoms with Gasteiger partial charge in [0.2, 0.25) is 5.91 Å². The van der Waals surface area contributed by atoms with Gasteiger partial charge in [-0.3, -0.25) is 4.79 Å². The monoisotopic (exact) mass is 345 g/mol. The number of carbonyl (C=O) groups excluding carboxylic acids is 2. The number of carbonyl (C=O) groups is 2. The van der Waals surface area contributed by atoms with Crippen molar-refractivity contribution in [1.82, 2.24) is 4.90 Å². The van der Waals surface area contributed by atoms with Crippen LogP contribution in [0.4, 0.5) is 0 Å². The summed E-state index contributed by atoms with van der Waals surface area (Å²) in [5.41, 5.74) is 0.813. The number of thiophene rings is 1. The number of nitrogens with zero attached hydrogens (tertiary/aromatic N) is 1. The molecule has 0 saturated carbocycles. The van der Waals surface area contributed by atoms with E-state index in [1.54, 1.807) is 19.9 Å². The van der Waals surface area contributed by atoms with Gasteiger partial charge in [0.1, 0.15) is 4.21 Å². The fourth-order valence-electron chi connectivity index (χ4n) is 2.45. The summed E-state index contributed by atoms with van der Waals surface area (Å²) in [5.74, 6) is -0.731. The standard InChI is InChI=1S/C14H19NO5S2/c1-4-20-14(17)12-13-10(6-7-15(12)9(3)16)8-11(21-13)22(18,19)5-2/h8,12H,4-7H2,1-3H3. The summed E-state index contributed by atoms with van der Waals surface area (Å²) in [5, 5.41) is 0. The predicted molar refractivity (Wildman–Crippen MR) is 82.5 cm³/mol. The molecule has 1 aromatic rings. The largest absolute Gasteiger partial charge is 0.464 e. The molecule has 0 spiro atoms. The molecule has 1 aromatic heterocycles. The molecular weight excluding hydrogens is 326 g/mol. The van der Waals surface area contributed by atoms with Crippen LogP contribution in [0.5, 0.6) is 0 Å². The molecule has 0 fully saturated rings. The Morgan fingerprint density at radius 3 is 2.64 bits per heavy atom. The number of amides is 1. The number of rotatable bonds is 4. The number of sulfone groups is 1. The van der Waals surface area contributed by atoms with Crippen molar-refractivity contribution in [1.29, 1.82) is 0 Å². The number of ether oxygens (including phenoxy) is 1. The van der Waals surface area contributed by atoms with Crippen LogP contribution >= 0.6 is 11.3 Å². The molecule has 122 valence electrons. The molecule has 0 N–H and O–H groups in total. The minimum absolute atomic E-state index is 0.00683. The van der Waals surface area contributed by atoms with E-state index in [-0.39, 0.29) is 22.5 Å². The van der Waals surface area contributed by atoms with Gasteiger partial charge in [0.15, 0.2) is 15.9 Å². The van der Waals surface area contributed by atoms with Crippen LogP contribution < -0.4 is 0 Å². The summed E-state index contributed by atoms with van der Waals surface area (Å²) in [6.07, 6.45) is 0.542. The molecule has 22 heavy (non-hydrogen) atoms. The first-order valence-electron chi connectivity index (χ1n) is 7.11. The summed E-state index contributed by atoms with van der Waals surface area (Å²) < 4.78 is 29.4. The van der Waals surface area contributed by atoms with Crippen molar-refractivity contribution in [3.8, 4) is 0 Å². The van der Waals surface area contributed by atoms with E-state index >= 15 is 0 Å². The summed E-state index contributed by atoms with van der Waals surface area (Å²) in [7, 11) is -3.33. The number of hydrogen-bond acceptors (Lipinski definition) is 6. The van der Waals surface area contributed by atoms with Gasteiger partial charge in [0.05, 0.1) is 12.4 Å². The molecule has 1 aliphatic rings. The first kappa shape index (κ1) is 17.0. The molecule has 2 rings (SSSR count). The highest BCUT2D eigenvalue weighted by Crippen LogP contribution is 2.39. The fourth-order valence-corrected chi connectivity index (χ4v) is 5.23. The third-order valence-electron chi connectivity index (χ3n) is 3.60. The molecule has 0 aromatic carbocycles. The zero-order valence-corrected chi connectivity index (χ0v) is 14.4. The number of fused-ring (bicyclic) bond motifs is 1. The molecule has 0 bridgehead atoms. The van der Waals surface area contributed by atoms with Gasteiger partial charge in [-0.1, -0.05) is 6.92 Å². The molecule has 0 aliphatic carbocycles. The normalized spacial score (nSPS) is 18.0. The third kappa shape index (κ3) is 3.03. The molecule has 2 heterocycles. The average Bonchev–Trinajstić information content (AvgIpc) is 2.90. The van der Waals surface area contributed by atoms with Crippen LogP contribution in [0.25, 0.3) is 0 Å². The SMILES string of the molecule is CCOC(=O)C1c2sc(S(=O)(=O)CC)cc2CCN1C(C)=O. The Morgan fingerprint density at radius 2 is 2.09 bits per heavy atom. The predicted octanol–water partition coefficient (Wildman–Crippen LogP) is 1.55. The lowest BCUT2D eigenvalue weighted by atomic mass is 10.0. The van der Waals surface area contributed by atoms with E-state index in [1.165, 1.54) is 11.8 Å². The highest BCUT2D eigenvalue weighted by molar-refractivity contribution is 7.93. The molecule has 0 radical (unpaired) electrons. The van der Waals surface area contributed by atoms with E-state index in [2.05, 4.69) is 0 Å².